The predicted octanol–water partition coefficient (Wildman–Crippen LogP) is 3.54. The fraction of sp³-hybridized carbons (Fsp3) is 0.267. The van der Waals surface area contributed by atoms with Gasteiger partial charge in [0.25, 0.3) is 0 Å². The SMILES string of the molecule is COc1ccc2cc(C(C)C(C)=O)ccc2c1. The Kier molecular flexibility index (Phi) is 3.14. The zero-order valence-electron chi connectivity index (χ0n) is 10.4. The monoisotopic (exact) mass is 228 g/mol. The summed E-state index contributed by atoms with van der Waals surface area (Å²) in [6.07, 6.45) is 0. The van der Waals surface area contributed by atoms with E-state index in [4.69, 9.17) is 4.74 Å². The van der Waals surface area contributed by atoms with Gasteiger partial charge in [-0.25, -0.2) is 0 Å². The minimum Gasteiger partial charge on any atom is -0.497 e. The molecule has 0 N–H and O–H groups in total. The van der Waals surface area contributed by atoms with Crippen LogP contribution in [-0.4, -0.2) is 12.9 Å². The number of carbonyl (C=O) groups excluding carboxylic acids is 1. The molecule has 1 unspecified atom stereocenters. The number of methoxy groups -OCH3 is 1. The van der Waals surface area contributed by atoms with E-state index < -0.39 is 0 Å². The maximum atomic E-state index is 11.4. The Morgan fingerprint density at radius 3 is 2.41 bits per heavy atom. The summed E-state index contributed by atoms with van der Waals surface area (Å²) in [4.78, 5) is 11.4. The largest absolute Gasteiger partial charge is 0.497 e. The summed E-state index contributed by atoms with van der Waals surface area (Å²) in [7, 11) is 1.66. The Bertz CT molecular complexity index is 558. The summed E-state index contributed by atoms with van der Waals surface area (Å²) in [6, 6.07) is 12.1. The zero-order chi connectivity index (χ0) is 12.4. The molecule has 0 aliphatic heterocycles. The van der Waals surface area contributed by atoms with Crippen molar-refractivity contribution in [2.45, 2.75) is 19.8 Å². The van der Waals surface area contributed by atoms with Crippen LogP contribution in [0.3, 0.4) is 0 Å². The van der Waals surface area contributed by atoms with Crippen LogP contribution in [-0.2, 0) is 4.79 Å². The third kappa shape index (κ3) is 2.31. The van der Waals surface area contributed by atoms with E-state index in [1.54, 1.807) is 14.0 Å². The molecule has 2 nitrogen and oxygen atoms in total. The first kappa shape index (κ1) is 11.6. The van der Waals surface area contributed by atoms with Crippen molar-refractivity contribution < 1.29 is 9.53 Å². The number of ether oxygens (including phenoxy) is 1. The topological polar surface area (TPSA) is 26.3 Å². The minimum atomic E-state index is -0.0403. The molecule has 0 radical (unpaired) electrons. The lowest BCUT2D eigenvalue weighted by Crippen LogP contribution is -2.03. The van der Waals surface area contributed by atoms with Gasteiger partial charge in [0.05, 0.1) is 7.11 Å². The highest BCUT2D eigenvalue weighted by molar-refractivity contribution is 5.88. The second kappa shape index (κ2) is 4.58. The summed E-state index contributed by atoms with van der Waals surface area (Å²) in [5.74, 6) is 1.00. The molecule has 0 amide bonds. The van der Waals surface area contributed by atoms with E-state index >= 15 is 0 Å². The van der Waals surface area contributed by atoms with Crippen LogP contribution in [0.25, 0.3) is 10.8 Å². The van der Waals surface area contributed by atoms with Gasteiger partial charge in [0.1, 0.15) is 11.5 Å². The first-order valence-electron chi connectivity index (χ1n) is 5.70. The van der Waals surface area contributed by atoms with Gasteiger partial charge in [-0.2, -0.15) is 0 Å². The average Bonchev–Trinajstić information content (AvgIpc) is 2.36. The highest BCUT2D eigenvalue weighted by atomic mass is 16.5. The summed E-state index contributed by atoms with van der Waals surface area (Å²) >= 11 is 0. The minimum absolute atomic E-state index is 0.0403. The third-order valence-electron chi connectivity index (χ3n) is 3.18. The second-order valence-corrected chi connectivity index (χ2v) is 4.30. The van der Waals surface area contributed by atoms with Crippen molar-refractivity contribution in [1.29, 1.82) is 0 Å². The second-order valence-electron chi connectivity index (χ2n) is 4.30. The molecule has 1 atom stereocenters. The maximum absolute atomic E-state index is 11.4. The van der Waals surface area contributed by atoms with Crippen LogP contribution in [0.15, 0.2) is 36.4 Å². The van der Waals surface area contributed by atoms with Crippen LogP contribution in [0.4, 0.5) is 0 Å². The maximum Gasteiger partial charge on any atom is 0.136 e. The van der Waals surface area contributed by atoms with E-state index in [9.17, 15) is 4.79 Å². The van der Waals surface area contributed by atoms with Gasteiger partial charge in [-0.1, -0.05) is 31.2 Å². The molecule has 0 aliphatic rings. The highest BCUT2D eigenvalue weighted by Gasteiger charge is 2.10. The van der Waals surface area contributed by atoms with Crippen molar-refractivity contribution in [3.8, 4) is 5.75 Å². The van der Waals surface area contributed by atoms with Gasteiger partial charge in [-0.05, 0) is 35.4 Å². The lowest BCUT2D eigenvalue weighted by molar-refractivity contribution is -0.118. The molecular formula is C15H16O2. The van der Waals surface area contributed by atoms with Crippen molar-refractivity contribution in [1.82, 2.24) is 0 Å². The van der Waals surface area contributed by atoms with Crippen LogP contribution in [0, 0.1) is 0 Å². The smallest absolute Gasteiger partial charge is 0.136 e. The first-order chi connectivity index (χ1) is 8.11. The molecule has 88 valence electrons. The third-order valence-corrected chi connectivity index (χ3v) is 3.18. The van der Waals surface area contributed by atoms with E-state index in [0.29, 0.717) is 0 Å². The van der Waals surface area contributed by atoms with E-state index in [-0.39, 0.29) is 11.7 Å². The Morgan fingerprint density at radius 2 is 1.76 bits per heavy atom. The quantitative estimate of drug-likeness (QED) is 0.803. The van der Waals surface area contributed by atoms with E-state index in [1.807, 2.05) is 37.3 Å². The normalized spacial score (nSPS) is 12.4. The van der Waals surface area contributed by atoms with Gasteiger partial charge >= 0.3 is 0 Å². The lowest BCUT2D eigenvalue weighted by atomic mass is 9.95. The molecule has 0 bridgehead atoms. The van der Waals surface area contributed by atoms with Gasteiger partial charge in [-0.3, -0.25) is 4.79 Å². The number of fused-ring (bicyclic) bond motifs is 1. The first-order valence-corrected chi connectivity index (χ1v) is 5.70. The molecule has 0 spiro atoms. The number of carbonyl (C=O) groups is 1. The van der Waals surface area contributed by atoms with Gasteiger partial charge in [0, 0.05) is 5.92 Å². The van der Waals surface area contributed by atoms with Crippen LogP contribution in [0.1, 0.15) is 25.3 Å². The summed E-state index contributed by atoms with van der Waals surface area (Å²) in [5, 5.41) is 2.26. The molecule has 0 aromatic heterocycles. The molecule has 0 fully saturated rings. The summed E-state index contributed by atoms with van der Waals surface area (Å²) < 4.78 is 5.18. The van der Waals surface area contributed by atoms with Crippen LogP contribution >= 0.6 is 0 Å². The van der Waals surface area contributed by atoms with Crippen LogP contribution in [0.2, 0.25) is 0 Å². The van der Waals surface area contributed by atoms with Crippen LogP contribution in [0.5, 0.6) is 5.75 Å². The molecule has 2 heteroatoms. The predicted molar refractivity (Wildman–Crippen MR) is 69.6 cm³/mol. The van der Waals surface area contributed by atoms with Crippen LogP contribution < -0.4 is 4.74 Å². The summed E-state index contributed by atoms with van der Waals surface area (Å²) in [6.45, 7) is 3.57. The van der Waals surface area contributed by atoms with Gasteiger partial charge in [-0.15, -0.1) is 0 Å². The fourth-order valence-electron chi connectivity index (χ4n) is 1.87. The molecule has 2 rings (SSSR count). The average molecular weight is 228 g/mol. The van der Waals surface area contributed by atoms with Crippen molar-refractivity contribution in [3.05, 3.63) is 42.0 Å². The van der Waals surface area contributed by atoms with E-state index in [1.165, 1.54) is 0 Å². The molecule has 0 heterocycles. The Morgan fingerprint density at radius 1 is 1.12 bits per heavy atom. The Hall–Kier alpha value is -1.83. The van der Waals surface area contributed by atoms with Crippen molar-refractivity contribution >= 4 is 16.6 Å². The number of hydrogen-bond donors (Lipinski definition) is 0. The van der Waals surface area contributed by atoms with Crippen molar-refractivity contribution in [3.63, 3.8) is 0 Å². The number of rotatable bonds is 3. The number of Topliss-reactive ketones (excluding diaryl/α,β-unsaturated/α-hetero) is 1. The van der Waals surface area contributed by atoms with Crippen molar-refractivity contribution in [2.75, 3.05) is 7.11 Å². The number of ketones is 1. The fourth-order valence-corrected chi connectivity index (χ4v) is 1.87. The molecule has 0 saturated heterocycles. The van der Waals surface area contributed by atoms with Gasteiger partial charge in [0.2, 0.25) is 0 Å². The zero-order valence-corrected chi connectivity index (χ0v) is 10.4. The number of benzene rings is 2. The molecular weight excluding hydrogens is 212 g/mol. The Labute approximate surface area is 101 Å². The van der Waals surface area contributed by atoms with E-state index in [2.05, 4.69) is 6.07 Å². The molecule has 0 aliphatic carbocycles. The van der Waals surface area contributed by atoms with Crippen molar-refractivity contribution in [2.24, 2.45) is 0 Å². The lowest BCUT2D eigenvalue weighted by Gasteiger charge is -2.09. The Balaban J connectivity index is 2.48. The molecule has 17 heavy (non-hydrogen) atoms. The standard InChI is InChI=1S/C15H16O2/c1-10(11(2)16)12-4-5-14-9-15(17-3)7-6-13(14)8-12/h4-10H,1-3H3. The highest BCUT2D eigenvalue weighted by Crippen LogP contribution is 2.25. The molecule has 0 saturated carbocycles. The molecule has 2 aromatic rings. The van der Waals surface area contributed by atoms with Gasteiger partial charge < -0.3 is 4.74 Å². The summed E-state index contributed by atoms with van der Waals surface area (Å²) in [5.41, 5.74) is 1.06. The van der Waals surface area contributed by atoms with Gasteiger partial charge in [0.15, 0.2) is 0 Å². The number of hydrogen-bond acceptors (Lipinski definition) is 2. The molecule has 2 aromatic carbocycles. The van der Waals surface area contributed by atoms with E-state index in [0.717, 1.165) is 22.1 Å².